The third-order valence-electron chi connectivity index (χ3n) is 5.26. The van der Waals surface area contributed by atoms with E-state index in [9.17, 15) is 13.2 Å². The van der Waals surface area contributed by atoms with Crippen LogP contribution in [0, 0.1) is 5.92 Å². The first kappa shape index (κ1) is 20.1. The van der Waals surface area contributed by atoms with Gasteiger partial charge in [0.2, 0.25) is 5.91 Å². The van der Waals surface area contributed by atoms with E-state index in [1.54, 1.807) is 39.1 Å². The number of ether oxygens (including phenoxy) is 1. The Hall–Kier alpha value is -1.67. The zero-order valence-electron chi connectivity index (χ0n) is 16.3. The standard InChI is InChI=1S/C19H29N3O4S/c1-19(2,3)27(24,25)17-7-6-16(13-20-17)22-8-4-5-15(14-22)18(23)21-9-11-26-12-10-21/h6-7,13,15H,4-5,8-12,14H2,1-3H3. The summed E-state index contributed by atoms with van der Waals surface area (Å²) in [5.41, 5.74) is 0.863. The number of piperidine rings is 1. The van der Waals surface area contributed by atoms with Gasteiger partial charge < -0.3 is 14.5 Å². The predicted octanol–water partition coefficient (Wildman–Crippen LogP) is 1.73. The molecule has 1 atom stereocenters. The third kappa shape index (κ3) is 4.27. The van der Waals surface area contributed by atoms with Gasteiger partial charge in [0.15, 0.2) is 14.9 Å². The van der Waals surface area contributed by atoms with Crippen molar-refractivity contribution in [3.63, 3.8) is 0 Å². The highest BCUT2D eigenvalue weighted by Gasteiger charge is 2.33. The van der Waals surface area contributed by atoms with Gasteiger partial charge in [-0.1, -0.05) is 0 Å². The Balaban J connectivity index is 1.70. The number of hydrogen-bond donors (Lipinski definition) is 0. The highest BCUT2D eigenvalue weighted by Crippen LogP contribution is 2.27. The Morgan fingerprint density at radius 2 is 1.89 bits per heavy atom. The molecule has 1 unspecified atom stereocenters. The molecule has 0 aromatic carbocycles. The van der Waals surface area contributed by atoms with Gasteiger partial charge in [0.05, 0.1) is 35.8 Å². The molecule has 150 valence electrons. The summed E-state index contributed by atoms with van der Waals surface area (Å²) in [6.07, 6.45) is 3.43. The lowest BCUT2D eigenvalue weighted by molar-refractivity contribution is -0.139. The SMILES string of the molecule is CC(C)(C)S(=O)(=O)c1ccc(N2CCCC(C(=O)N3CCOCC3)C2)cn1. The molecule has 0 N–H and O–H groups in total. The van der Waals surface area contributed by atoms with Gasteiger partial charge in [-0.3, -0.25) is 4.79 Å². The maximum absolute atomic E-state index is 12.8. The van der Waals surface area contributed by atoms with E-state index < -0.39 is 14.6 Å². The van der Waals surface area contributed by atoms with Crippen LogP contribution in [-0.2, 0) is 19.4 Å². The molecule has 1 aromatic heterocycles. The average Bonchev–Trinajstić information content (AvgIpc) is 2.67. The lowest BCUT2D eigenvalue weighted by Crippen LogP contribution is -2.48. The number of aromatic nitrogens is 1. The lowest BCUT2D eigenvalue weighted by atomic mass is 9.96. The van der Waals surface area contributed by atoms with Crippen LogP contribution >= 0.6 is 0 Å². The van der Waals surface area contributed by atoms with Crippen LogP contribution in [0.1, 0.15) is 33.6 Å². The molecule has 7 nitrogen and oxygen atoms in total. The molecule has 2 saturated heterocycles. The summed E-state index contributed by atoms with van der Waals surface area (Å²) in [6, 6.07) is 3.37. The number of hydrogen-bond acceptors (Lipinski definition) is 6. The molecule has 0 radical (unpaired) electrons. The van der Waals surface area contributed by atoms with Crippen molar-refractivity contribution in [2.24, 2.45) is 5.92 Å². The number of carbonyl (C=O) groups excluding carboxylic acids is 1. The minimum Gasteiger partial charge on any atom is -0.378 e. The molecular weight excluding hydrogens is 366 g/mol. The van der Waals surface area contributed by atoms with Crippen molar-refractivity contribution in [1.29, 1.82) is 0 Å². The molecule has 3 rings (SSSR count). The van der Waals surface area contributed by atoms with Crippen molar-refractivity contribution in [2.45, 2.75) is 43.4 Å². The fourth-order valence-electron chi connectivity index (χ4n) is 3.49. The van der Waals surface area contributed by atoms with Crippen molar-refractivity contribution < 1.29 is 17.9 Å². The molecule has 2 aliphatic heterocycles. The van der Waals surface area contributed by atoms with Gasteiger partial charge in [-0.15, -0.1) is 0 Å². The van der Waals surface area contributed by atoms with Crippen LogP contribution in [0.15, 0.2) is 23.4 Å². The lowest BCUT2D eigenvalue weighted by Gasteiger charge is -2.37. The molecule has 1 amide bonds. The van der Waals surface area contributed by atoms with Gasteiger partial charge in [0.1, 0.15) is 0 Å². The second-order valence-electron chi connectivity index (χ2n) is 8.19. The van der Waals surface area contributed by atoms with E-state index in [2.05, 4.69) is 9.88 Å². The maximum atomic E-state index is 12.8. The van der Waals surface area contributed by atoms with Crippen LogP contribution in [-0.4, -0.2) is 68.3 Å². The zero-order valence-corrected chi connectivity index (χ0v) is 17.2. The first-order valence-corrected chi connectivity index (χ1v) is 11.0. The van der Waals surface area contributed by atoms with Crippen molar-refractivity contribution >= 4 is 21.4 Å². The minimum atomic E-state index is -3.46. The molecule has 8 heteroatoms. The fourth-order valence-corrected chi connectivity index (χ4v) is 4.55. The Kier molecular flexibility index (Phi) is 5.76. The molecular formula is C19H29N3O4S. The number of nitrogens with zero attached hydrogens (tertiary/aromatic N) is 3. The Labute approximate surface area is 161 Å². The van der Waals surface area contributed by atoms with Crippen LogP contribution in [0.5, 0.6) is 0 Å². The van der Waals surface area contributed by atoms with E-state index in [1.165, 1.54) is 0 Å². The number of anilines is 1. The summed E-state index contributed by atoms with van der Waals surface area (Å²) in [5.74, 6) is 0.165. The molecule has 0 bridgehead atoms. The average molecular weight is 396 g/mol. The Morgan fingerprint density at radius 3 is 2.48 bits per heavy atom. The van der Waals surface area contributed by atoms with Crippen LogP contribution in [0.2, 0.25) is 0 Å². The molecule has 2 fully saturated rings. The van der Waals surface area contributed by atoms with E-state index in [0.29, 0.717) is 32.8 Å². The topological polar surface area (TPSA) is 79.8 Å². The molecule has 0 spiro atoms. The number of carbonyl (C=O) groups is 1. The van der Waals surface area contributed by atoms with Crippen molar-refractivity contribution in [3.05, 3.63) is 18.3 Å². The molecule has 1 aromatic rings. The Bertz CT molecular complexity index is 765. The molecule has 0 saturated carbocycles. The van der Waals surface area contributed by atoms with Crippen molar-refractivity contribution in [2.75, 3.05) is 44.3 Å². The second-order valence-corrected chi connectivity index (χ2v) is 10.8. The van der Waals surface area contributed by atoms with E-state index in [4.69, 9.17) is 4.74 Å². The van der Waals surface area contributed by atoms with Gasteiger partial charge >= 0.3 is 0 Å². The van der Waals surface area contributed by atoms with Crippen molar-refractivity contribution in [3.8, 4) is 0 Å². The van der Waals surface area contributed by atoms with Crippen LogP contribution in [0.3, 0.4) is 0 Å². The van der Waals surface area contributed by atoms with Crippen LogP contribution in [0.25, 0.3) is 0 Å². The van der Waals surface area contributed by atoms with Crippen LogP contribution < -0.4 is 4.90 Å². The van der Waals surface area contributed by atoms with Crippen LogP contribution in [0.4, 0.5) is 5.69 Å². The van der Waals surface area contributed by atoms with Gasteiger partial charge in [0.25, 0.3) is 0 Å². The summed E-state index contributed by atoms with van der Waals surface area (Å²) in [5, 5.41) is 0.0942. The molecule has 2 aliphatic rings. The van der Waals surface area contributed by atoms with E-state index in [-0.39, 0.29) is 16.9 Å². The van der Waals surface area contributed by atoms with Gasteiger partial charge in [0, 0.05) is 26.2 Å². The van der Waals surface area contributed by atoms with Gasteiger partial charge in [-0.05, 0) is 45.7 Å². The quantitative estimate of drug-likeness (QED) is 0.775. The second kappa shape index (κ2) is 7.75. The smallest absolute Gasteiger partial charge is 0.227 e. The molecule has 3 heterocycles. The summed E-state index contributed by atoms with van der Waals surface area (Å²) < 4.78 is 29.5. The van der Waals surface area contributed by atoms with Crippen molar-refractivity contribution in [1.82, 2.24) is 9.88 Å². The number of pyridine rings is 1. The highest BCUT2D eigenvalue weighted by molar-refractivity contribution is 7.92. The fraction of sp³-hybridized carbons (Fsp3) is 0.684. The summed E-state index contributed by atoms with van der Waals surface area (Å²) in [6.45, 7) is 9.04. The predicted molar refractivity (Wildman–Crippen MR) is 104 cm³/mol. The summed E-state index contributed by atoms with van der Waals surface area (Å²) in [7, 11) is -3.46. The van der Waals surface area contributed by atoms with E-state index >= 15 is 0 Å². The number of morpholine rings is 1. The maximum Gasteiger partial charge on any atom is 0.227 e. The molecule has 0 aliphatic carbocycles. The van der Waals surface area contributed by atoms with E-state index in [1.807, 2.05) is 4.90 Å². The monoisotopic (exact) mass is 395 g/mol. The first-order chi connectivity index (χ1) is 12.7. The summed E-state index contributed by atoms with van der Waals surface area (Å²) in [4.78, 5) is 21.0. The summed E-state index contributed by atoms with van der Waals surface area (Å²) >= 11 is 0. The highest BCUT2D eigenvalue weighted by atomic mass is 32.2. The van der Waals surface area contributed by atoms with Gasteiger partial charge in [-0.2, -0.15) is 0 Å². The zero-order chi connectivity index (χ0) is 19.7. The number of rotatable bonds is 3. The van der Waals surface area contributed by atoms with Gasteiger partial charge in [-0.25, -0.2) is 13.4 Å². The minimum absolute atomic E-state index is 0.0326. The largest absolute Gasteiger partial charge is 0.378 e. The first-order valence-electron chi connectivity index (χ1n) is 9.52. The number of sulfone groups is 1. The third-order valence-corrected chi connectivity index (χ3v) is 7.67. The number of amides is 1. The van der Waals surface area contributed by atoms with E-state index in [0.717, 1.165) is 25.1 Å². The Morgan fingerprint density at radius 1 is 1.19 bits per heavy atom. The normalized spacial score (nSPS) is 22.0. The molecule has 27 heavy (non-hydrogen) atoms.